The van der Waals surface area contributed by atoms with Gasteiger partial charge in [-0.2, -0.15) is 5.10 Å². The first kappa shape index (κ1) is 16.5. The molecule has 2 aromatic rings. The Bertz CT molecular complexity index is 712. The number of rotatable bonds is 5. The third-order valence-corrected chi connectivity index (χ3v) is 4.88. The second kappa shape index (κ2) is 7.04. The van der Waals surface area contributed by atoms with Crippen LogP contribution in [0.25, 0.3) is 0 Å². The number of urea groups is 1. The minimum Gasteiger partial charge on any atom is -0.335 e. The summed E-state index contributed by atoms with van der Waals surface area (Å²) in [6.07, 6.45) is 4.83. The van der Waals surface area contributed by atoms with Gasteiger partial charge in [-0.1, -0.05) is 6.07 Å². The molecule has 1 saturated heterocycles. The lowest BCUT2D eigenvalue weighted by Gasteiger charge is -2.17. The van der Waals surface area contributed by atoms with Gasteiger partial charge in [-0.3, -0.25) is 9.48 Å². The molecule has 1 aliphatic heterocycles. The summed E-state index contributed by atoms with van der Waals surface area (Å²) in [7, 11) is 1.81. The van der Waals surface area contributed by atoms with Crippen molar-refractivity contribution >= 4 is 29.0 Å². The maximum absolute atomic E-state index is 12.4. The summed E-state index contributed by atoms with van der Waals surface area (Å²) in [5, 5.41) is 11.8. The summed E-state index contributed by atoms with van der Waals surface area (Å²) in [6, 6.07) is 3.27. The van der Waals surface area contributed by atoms with E-state index in [2.05, 4.69) is 15.7 Å². The molecule has 0 spiro atoms. The van der Waals surface area contributed by atoms with E-state index in [1.54, 1.807) is 33.3 Å². The zero-order chi connectivity index (χ0) is 17.1. The highest BCUT2D eigenvalue weighted by molar-refractivity contribution is 7.09. The first-order chi connectivity index (χ1) is 11.5. The molecule has 7 nitrogen and oxygen atoms in total. The van der Waals surface area contributed by atoms with Crippen molar-refractivity contribution < 1.29 is 9.59 Å². The number of aryl methyl sites for hydroxylation is 1. The van der Waals surface area contributed by atoms with Crippen molar-refractivity contribution in [1.29, 1.82) is 0 Å². The monoisotopic (exact) mass is 347 g/mol. The summed E-state index contributed by atoms with van der Waals surface area (Å²) in [4.78, 5) is 27.4. The fraction of sp³-hybridized carbons (Fsp3) is 0.438. The van der Waals surface area contributed by atoms with Gasteiger partial charge < -0.3 is 15.5 Å². The van der Waals surface area contributed by atoms with Gasteiger partial charge in [0.2, 0.25) is 5.91 Å². The second-order valence-electron chi connectivity index (χ2n) is 6.01. The van der Waals surface area contributed by atoms with Crippen molar-refractivity contribution in [1.82, 2.24) is 20.4 Å². The van der Waals surface area contributed by atoms with Crippen molar-refractivity contribution in [2.75, 3.05) is 11.4 Å². The normalized spacial score (nSPS) is 18.7. The number of nitrogens with zero attached hydrogens (tertiary/aromatic N) is 3. The third kappa shape index (κ3) is 3.76. The number of hydrogen-bond acceptors (Lipinski definition) is 4. The smallest absolute Gasteiger partial charge is 0.315 e. The lowest BCUT2D eigenvalue weighted by Crippen LogP contribution is -2.48. The number of nitrogens with one attached hydrogen (secondary N) is 2. The van der Waals surface area contributed by atoms with Crippen molar-refractivity contribution in [2.24, 2.45) is 7.05 Å². The molecule has 0 bridgehead atoms. The summed E-state index contributed by atoms with van der Waals surface area (Å²) in [6.45, 7) is 2.54. The molecule has 0 radical (unpaired) electrons. The summed E-state index contributed by atoms with van der Waals surface area (Å²) >= 11 is 1.67. The maximum Gasteiger partial charge on any atom is 0.315 e. The lowest BCUT2D eigenvalue weighted by atomic mass is 10.2. The number of carbonyl (C=O) groups is 2. The Kier molecular flexibility index (Phi) is 4.84. The van der Waals surface area contributed by atoms with Crippen LogP contribution in [-0.2, 0) is 18.3 Å². The van der Waals surface area contributed by atoms with E-state index in [-0.39, 0.29) is 18.0 Å². The van der Waals surface area contributed by atoms with Crippen molar-refractivity contribution in [3.63, 3.8) is 0 Å². The molecule has 8 heteroatoms. The van der Waals surface area contributed by atoms with Gasteiger partial charge >= 0.3 is 6.03 Å². The summed E-state index contributed by atoms with van der Waals surface area (Å²) in [5.41, 5.74) is 0.762. The van der Waals surface area contributed by atoms with Crippen LogP contribution in [0, 0.1) is 0 Å². The van der Waals surface area contributed by atoms with Crippen LogP contribution >= 0.6 is 11.3 Å². The van der Waals surface area contributed by atoms with Gasteiger partial charge in [0.15, 0.2) is 0 Å². The van der Waals surface area contributed by atoms with Gasteiger partial charge in [-0.25, -0.2) is 4.79 Å². The van der Waals surface area contributed by atoms with Gasteiger partial charge in [-0.15, -0.1) is 11.3 Å². The molecule has 2 aromatic heterocycles. The van der Waals surface area contributed by atoms with Crippen LogP contribution in [0.15, 0.2) is 29.9 Å². The summed E-state index contributed by atoms with van der Waals surface area (Å²) < 4.78 is 1.66. The van der Waals surface area contributed by atoms with Crippen molar-refractivity contribution in [3.05, 3.63) is 34.8 Å². The molecule has 128 valence electrons. The first-order valence-electron chi connectivity index (χ1n) is 7.92. The summed E-state index contributed by atoms with van der Waals surface area (Å²) in [5.74, 6) is -0.0935. The number of aromatic nitrogens is 2. The van der Waals surface area contributed by atoms with Gasteiger partial charge in [0, 0.05) is 37.1 Å². The number of carbonyl (C=O) groups excluding carboxylic acids is 2. The van der Waals surface area contributed by atoms with Gasteiger partial charge in [0.05, 0.1) is 11.9 Å². The van der Waals surface area contributed by atoms with E-state index in [0.29, 0.717) is 13.0 Å². The van der Waals surface area contributed by atoms with Gasteiger partial charge in [0.1, 0.15) is 6.04 Å². The quantitative estimate of drug-likeness (QED) is 0.861. The molecule has 0 aromatic carbocycles. The SMILES string of the molecule is C[C@H](Cc1cccs1)NC(=O)N[C@@H]1CCN(c2cnn(C)c2)C1=O. The molecule has 2 N–H and O–H groups in total. The Morgan fingerprint density at radius 2 is 2.38 bits per heavy atom. The topological polar surface area (TPSA) is 79.3 Å². The highest BCUT2D eigenvalue weighted by Gasteiger charge is 2.34. The van der Waals surface area contributed by atoms with E-state index in [9.17, 15) is 9.59 Å². The van der Waals surface area contributed by atoms with Crippen LogP contribution in [0.5, 0.6) is 0 Å². The number of anilines is 1. The fourth-order valence-corrected chi connectivity index (χ4v) is 3.66. The largest absolute Gasteiger partial charge is 0.335 e. The predicted octanol–water partition coefficient (Wildman–Crippen LogP) is 1.52. The average molecular weight is 347 g/mol. The van der Waals surface area contributed by atoms with Crippen molar-refractivity contribution in [3.8, 4) is 0 Å². The van der Waals surface area contributed by atoms with E-state index in [4.69, 9.17) is 0 Å². The Hall–Kier alpha value is -2.35. The van der Waals surface area contributed by atoms with E-state index in [1.807, 2.05) is 31.5 Å². The molecule has 1 aliphatic rings. The van der Waals surface area contributed by atoms with Gasteiger partial charge in [0.25, 0.3) is 0 Å². The zero-order valence-corrected chi connectivity index (χ0v) is 14.5. The number of amides is 3. The Balaban J connectivity index is 1.50. The molecule has 0 unspecified atom stereocenters. The predicted molar refractivity (Wildman–Crippen MR) is 93.1 cm³/mol. The van der Waals surface area contributed by atoms with Crippen LogP contribution in [0.3, 0.4) is 0 Å². The molecule has 3 heterocycles. The Morgan fingerprint density at radius 3 is 3.04 bits per heavy atom. The average Bonchev–Trinajstić information content (AvgIpc) is 3.23. The molecule has 3 amide bonds. The van der Waals surface area contributed by atoms with E-state index < -0.39 is 6.04 Å². The van der Waals surface area contributed by atoms with Crippen LogP contribution in [0.2, 0.25) is 0 Å². The minimum atomic E-state index is -0.487. The minimum absolute atomic E-state index is 0.00887. The van der Waals surface area contributed by atoms with E-state index >= 15 is 0 Å². The lowest BCUT2D eigenvalue weighted by molar-refractivity contribution is -0.118. The molecular weight excluding hydrogens is 326 g/mol. The highest BCUT2D eigenvalue weighted by Crippen LogP contribution is 2.20. The Labute approximate surface area is 144 Å². The van der Waals surface area contributed by atoms with Crippen LogP contribution < -0.4 is 15.5 Å². The molecule has 2 atom stereocenters. The van der Waals surface area contributed by atoms with E-state index in [1.165, 1.54) is 4.88 Å². The highest BCUT2D eigenvalue weighted by atomic mass is 32.1. The van der Waals surface area contributed by atoms with Crippen LogP contribution in [0.1, 0.15) is 18.2 Å². The molecular formula is C16H21N5O2S. The number of hydrogen-bond donors (Lipinski definition) is 2. The zero-order valence-electron chi connectivity index (χ0n) is 13.7. The Morgan fingerprint density at radius 1 is 1.54 bits per heavy atom. The molecule has 0 saturated carbocycles. The maximum atomic E-state index is 12.4. The third-order valence-electron chi connectivity index (χ3n) is 3.98. The molecule has 3 rings (SSSR count). The van der Waals surface area contributed by atoms with Crippen LogP contribution in [0.4, 0.5) is 10.5 Å². The molecule has 0 aliphatic carbocycles. The molecule has 1 fully saturated rings. The van der Waals surface area contributed by atoms with Crippen molar-refractivity contribution in [2.45, 2.75) is 31.8 Å². The number of thiophene rings is 1. The second-order valence-corrected chi connectivity index (χ2v) is 7.04. The standard InChI is InChI=1S/C16H21N5O2S/c1-11(8-13-4-3-7-24-13)18-16(23)19-14-5-6-21(15(14)22)12-9-17-20(2)10-12/h3-4,7,9-11,14H,5-6,8H2,1-2H3,(H2,18,19,23)/t11-,14-/m1/s1. The first-order valence-corrected chi connectivity index (χ1v) is 8.80. The van der Waals surface area contributed by atoms with Gasteiger partial charge in [-0.05, 0) is 24.8 Å². The van der Waals surface area contributed by atoms with Crippen LogP contribution in [-0.4, -0.2) is 40.3 Å². The fourth-order valence-electron chi connectivity index (χ4n) is 2.82. The molecule has 24 heavy (non-hydrogen) atoms. The van der Waals surface area contributed by atoms with E-state index in [0.717, 1.165) is 12.1 Å².